The number of Topliss-reactive ketones (excluding diaryl/α,β-unsaturated/α-hetero) is 1. The third-order valence-corrected chi connectivity index (χ3v) is 9.63. The summed E-state index contributed by atoms with van der Waals surface area (Å²) >= 11 is 0. The van der Waals surface area contributed by atoms with Gasteiger partial charge in [0.1, 0.15) is 5.78 Å². The standard InChI is InChI=1S/C33H54O8/c1-2-9-23-14-15-24(20-23)29(40-32-12-5-7-18-38-32)17-16-26-27(21-25(34)10-3-4-11-31(36)37)28(35)22-30(26)41-33-13-6-8-19-39-33/h16-17,23-24,26-30,32-33,35H,2-15,18-22H2,1H3,(H,36,37)/t23?,24?,26-,27-,28+,29-,30-,32?,33?/m1/s1. The van der Waals surface area contributed by atoms with Crippen LogP contribution >= 0.6 is 0 Å². The molecule has 234 valence electrons. The molecule has 0 aromatic carbocycles. The van der Waals surface area contributed by atoms with E-state index in [1.807, 2.05) is 0 Å². The third kappa shape index (κ3) is 10.4. The molecule has 0 aromatic rings. The van der Waals surface area contributed by atoms with Gasteiger partial charge in [-0.05, 0) is 76.0 Å². The van der Waals surface area contributed by atoms with Gasteiger partial charge in [0.05, 0.1) is 18.3 Å². The van der Waals surface area contributed by atoms with Crippen LogP contribution in [0.2, 0.25) is 0 Å². The molecule has 0 radical (unpaired) electrons. The third-order valence-electron chi connectivity index (χ3n) is 9.63. The summed E-state index contributed by atoms with van der Waals surface area (Å²) < 4.78 is 24.9. The molecule has 2 saturated carbocycles. The molecule has 8 heteroatoms. The summed E-state index contributed by atoms with van der Waals surface area (Å²) in [6.45, 7) is 3.69. The maximum Gasteiger partial charge on any atom is 0.303 e. The second-order valence-corrected chi connectivity index (χ2v) is 12.9. The molecular weight excluding hydrogens is 524 g/mol. The number of rotatable bonds is 16. The smallest absolute Gasteiger partial charge is 0.303 e. The average Bonchev–Trinajstić information content (AvgIpc) is 3.54. The monoisotopic (exact) mass is 578 g/mol. The van der Waals surface area contributed by atoms with Crippen LogP contribution in [0, 0.1) is 23.7 Å². The fourth-order valence-corrected chi connectivity index (χ4v) is 7.39. The largest absolute Gasteiger partial charge is 0.481 e. The fourth-order valence-electron chi connectivity index (χ4n) is 7.39. The number of aliphatic carboxylic acids is 1. The first-order valence-corrected chi connectivity index (χ1v) is 16.6. The highest BCUT2D eigenvalue weighted by molar-refractivity contribution is 5.78. The first-order valence-electron chi connectivity index (χ1n) is 16.6. The van der Waals surface area contributed by atoms with E-state index in [-0.39, 0.29) is 55.2 Å². The summed E-state index contributed by atoms with van der Waals surface area (Å²) in [6.07, 6.45) is 17.3. The molecule has 2 saturated heterocycles. The number of carbonyl (C=O) groups is 2. The minimum atomic E-state index is -0.836. The summed E-state index contributed by atoms with van der Waals surface area (Å²) in [5.74, 6) is 0.0668. The van der Waals surface area contributed by atoms with Crippen LogP contribution in [0.15, 0.2) is 12.2 Å². The number of carboxylic acid groups (broad SMARTS) is 1. The number of aliphatic hydroxyl groups excluding tert-OH is 1. The van der Waals surface area contributed by atoms with Crippen LogP contribution in [0.25, 0.3) is 0 Å². The van der Waals surface area contributed by atoms with Crippen molar-refractivity contribution < 1.29 is 38.7 Å². The van der Waals surface area contributed by atoms with Crippen LogP contribution in [0.4, 0.5) is 0 Å². The number of hydrogen-bond donors (Lipinski definition) is 2. The molecule has 2 N–H and O–H groups in total. The second-order valence-electron chi connectivity index (χ2n) is 12.9. The quantitative estimate of drug-likeness (QED) is 0.165. The lowest BCUT2D eigenvalue weighted by molar-refractivity contribution is -0.193. The minimum absolute atomic E-state index is 0.0587. The number of aliphatic hydroxyl groups is 1. The fraction of sp³-hybridized carbons (Fsp3) is 0.879. The van der Waals surface area contributed by atoms with Crippen LogP contribution in [0.1, 0.15) is 116 Å². The summed E-state index contributed by atoms with van der Waals surface area (Å²) in [7, 11) is 0. The van der Waals surface area contributed by atoms with Crippen molar-refractivity contribution in [2.45, 2.75) is 147 Å². The van der Waals surface area contributed by atoms with Crippen LogP contribution in [0.5, 0.6) is 0 Å². The van der Waals surface area contributed by atoms with Gasteiger partial charge in [-0.3, -0.25) is 9.59 Å². The van der Waals surface area contributed by atoms with E-state index in [2.05, 4.69) is 19.1 Å². The van der Waals surface area contributed by atoms with E-state index in [0.29, 0.717) is 38.2 Å². The van der Waals surface area contributed by atoms with Gasteiger partial charge in [-0.1, -0.05) is 38.3 Å². The number of unbranched alkanes of at least 4 members (excludes halogenated alkanes) is 1. The predicted molar refractivity (Wildman–Crippen MR) is 155 cm³/mol. The van der Waals surface area contributed by atoms with Crippen LogP contribution in [-0.2, 0) is 28.5 Å². The first kappa shape index (κ1) is 32.6. The summed E-state index contributed by atoms with van der Waals surface area (Å²) in [4.78, 5) is 23.8. The Labute approximate surface area is 246 Å². The van der Waals surface area contributed by atoms with Crippen molar-refractivity contribution in [1.29, 1.82) is 0 Å². The van der Waals surface area contributed by atoms with E-state index in [1.54, 1.807) is 0 Å². The summed E-state index contributed by atoms with van der Waals surface area (Å²) in [5, 5.41) is 20.0. The van der Waals surface area contributed by atoms with Crippen molar-refractivity contribution in [2.24, 2.45) is 23.7 Å². The molecule has 9 atom stereocenters. The Morgan fingerprint density at radius 2 is 1.68 bits per heavy atom. The second kappa shape index (κ2) is 17.1. The molecule has 0 aromatic heterocycles. The van der Waals surface area contributed by atoms with Gasteiger partial charge in [0, 0.05) is 50.7 Å². The van der Waals surface area contributed by atoms with Gasteiger partial charge in [-0.15, -0.1) is 0 Å². The lowest BCUT2D eigenvalue weighted by Gasteiger charge is -2.31. The van der Waals surface area contributed by atoms with Crippen molar-refractivity contribution >= 4 is 11.8 Å². The Morgan fingerprint density at radius 1 is 0.951 bits per heavy atom. The molecule has 4 unspecified atom stereocenters. The number of carboxylic acids is 1. The summed E-state index contributed by atoms with van der Waals surface area (Å²) in [6, 6.07) is 0. The molecule has 2 aliphatic heterocycles. The SMILES string of the molecule is CCCC1CCC([C@@H](C=C[C@@H]2[C@@H](CC(=O)CCCCC(=O)O)[C@@H](O)C[C@H]2OC2CCCCO2)OC2CCCCO2)C1. The highest BCUT2D eigenvalue weighted by Crippen LogP contribution is 2.42. The van der Waals surface area contributed by atoms with Gasteiger partial charge in [0.2, 0.25) is 0 Å². The normalized spacial score (nSPS) is 35.2. The van der Waals surface area contributed by atoms with Crippen molar-refractivity contribution in [3.63, 3.8) is 0 Å². The Bertz CT molecular complexity index is 818. The van der Waals surface area contributed by atoms with E-state index >= 15 is 0 Å². The topological polar surface area (TPSA) is 112 Å². The Morgan fingerprint density at radius 3 is 2.37 bits per heavy atom. The van der Waals surface area contributed by atoms with Crippen LogP contribution in [-0.4, -0.2) is 66.1 Å². The zero-order valence-corrected chi connectivity index (χ0v) is 25.1. The molecule has 41 heavy (non-hydrogen) atoms. The zero-order valence-electron chi connectivity index (χ0n) is 25.1. The van der Waals surface area contributed by atoms with Crippen molar-refractivity contribution in [2.75, 3.05) is 13.2 Å². The number of ether oxygens (including phenoxy) is 4. The number of hydrogen-bond acceptors (Lipinski definition) is 7. The average molecular weight is 579 g/mol. The van der Waals surface area contributed by atoms with Crippen molar-refractivity contribution in [3.8, 4) is 0 Å². The van der Waals surface area contributed by atoms with Crippen molar-refractivity contribution in [1.82, 2.24) is 0 Å². The summed E-state index contributed by atoms with van der Waals surface area (Å²) in [5.41, 5.74) is 0. The van der Waals surface area contributed by atoms with E-state index in [1.165, 1.54) is 19.3 Å². The lowest BCUT2D eigenvalue weighted by Crippen LogP contribution is -2.33. The zero-order chi connectivity index (χ0) is 29.0. The lowest BCUT2D eigenvalue weighted by atomic mass is 9.86. The molecule has 2 heterocycles. The Kier molecular flexibility index (Phi) is 13.6. The molecule has 4 aliphatic rings. The molecule has 2 aliphatic carbocycles. The first-order chi connectivity index (χ1) is 19.9. The van der Waals surface area contributed by atoms with Gasteiger partial charge >= 0.3 is 5.97 Å². The Balaban J connectivity index is 1.47. The van der Waals surface area contributed by atoms with Crippen molar-refractivity contribution in [3.05, 3.63) is 12.2 Å². The highest BCUT2D eigenvalue weighted by Gasteiger charge is 2.44. The van der Waals surface area contributed by atoms with E-state index in [9.17, 15) is 14.7 Å². The van der Waals surface area contributed by atoms with E-state index in [4.69, 9.17) is 24.1 Å². The molecule has 0 amide bonds. The van der Waals surface area contributed by atoms with E-state index < -0.39 is 12.1 Å². The van der Waals surface area contributed by atoms with Gasteiger partial charge in [0.25, 0.3) is 0 Å². The maximum absolute atomic E-state index is 12.9. The Hall–Kier alpha value is -1.32. The predicted octanol–water partition coefficient (Wildman–Crippen LogP) is 6.18. The van der Waals surface area contributed by atoms with Crippen LogP contribution in [0.3, 0.4) is 0 Å². The highest BCUT2D eigenvalue weighted by atomic mass is 16.7. The number of ketones is 1. The molecule has 4 rings (SSSR count). The minimum Gasteiger partial charge on any atom is -0.481 e. The molecule has 4 fully saturated rings. The van der Waals surface area contributed by atoms with Gasteiger partial charge < -0.3 is 29.2 Å². The van der Waals surface area contributed by atoms with Crippen LogP contribution < -0.4 is 0 Å². The molecule has 0 spiro atoms. The van der Waals surface area contributed by atoms with E-state index in [0.717, 1.165) is 63.9 Å². The molecular formula is C33H54O8. The molecule has 8 nitrogen and oxygen atoms in total. The van der Waals surface area contributed by atoms with Gasteiger partial charge in [0.15, 0.2) is 12.6 Å². The molecule has 0 bridgehead atoms. The van der Waals surface area contributed by atoms with Gasteiger partial charge in [-0.2, -0.15) is 0 Å². The van der Waals surface area contributed by atoms with Gasteiger partial charge in [-0.25, -0.2) is 0 Å². The maximum atomic E-state index is 12.9. The number of carbonyl (C=O) groups excluding carboxylic acids is 1.